The first-order valence-electron chi connectivity index (χ1n) is 6.64. The summed E-state index contributed by atoms with van der Waals surface area (Å²) in [4.78, 5) is 2.11. The van der Waals surface area contributed by atoms with Gasteiger partial charge in [-0.3, -0.25) is 4.68 Å². The van der Waals surface area contributed by atoms with Crippen LogP contribution in [0.4, 0.5) is 10.1 Å². The molecule has 0 aliphatic carbocycles. The van der Waals surface area contributed by atoms with Crippen molar-refractivity contribution in [1.29, 1.82) is 5.26 Å². The Bertz CT molecular complexity index is 671. The van der Waals surface area contributed by atoms with Gasteiger partial charge in [-0.15, -0.1) is 0 Å². The molecule has 4 nitrogen and oxygen atoms in total. The lowest BCUT2D eigenvalue weighted by molar-refractivity contribution is 0.621. The Hall–Kier alpha value is -2.35. The molecule has 20 heavy (non-hydrogen) atoms. The molecule has 1 aliphatic heterocycles. The Morgan fingerprint density at radius 3 is 3.00 bits per heavy atom. The molecule has 1 aromatic carbocycles. The van der Waals surface area contributed by atoms with Gasteiger partial charge in [-0.2, -0.15) is 10.4 Å². The zero-order chi connectivity index (χ0) is 14.1. The van der Waals surface area contributed by atoms with Crippen LogP contribution in [0.1, 0.15) is 30.0 Å². The second-order valence-corrected chi connectivity index (χ2v) is 5.04. The molecule has 0 radical (unpaired) electrons. The lowest BCUT2D eigenvalue weighted by Gasteiger charge is -2.27. The highest BCUT2D eigenvalue weighted by molar-refractivity contribution is 5.61. The predicted molar refractivity (Wildman–Crippen MR) is 73.6 cm³/mol. The van der Waals surface area contributed by atoms with Gasteiger partial charge in [0.2, 0.25) is 0 Å². The van der Waals surface area contributed by atoms with Crippen molar-refractivity contribution in [1.82, 2.24) is 9.78 Å². The summed E-state index contributed by atoms with van der Waals surface area (Å²) in [6.07, 6.45) is 5.84. The van der Waals surface area contributed by atoms with E-state index in [1.54, 1.807) is 10.7 Å². The SMILES string of the molecule is Cn1cc(C2CCCN2c2cccc(F)c2C#N)cn1. The Balaban J connectivity index is 2.01. The maximum atomic E-state index is 13.8. The molecule has 1 aliphatic rings. The number of rotatable bonds is 2. The standard InChI is InChI=1S/C15H15FN4/c1-19-10-11(9-18-19)14-6-3-7-20(14)15-5-2-4-13(16)12(15)8-17/h2,4-5,9-10,14H,3,6-7H2,1H3. The highest BCUT2D eigenvalue weighted by Crippen LogP contribution is 2.37. The van der Waals surface area contributed by atoms with Gasteiger partial charge >= 0.3 is 0 Å². The van der Waals surface area contributed by atoms with Crippen LogP contribution in [0.25, 0.3) is 0 Å². The number of halogens is 1. The number of nitriles is 1. The van der Waals surface area contributed by atoms with Gasteiger partial charge < -0.3 is 4.90 Å². The fourth-order valence-corrected chi connectivity index (χ4v) is 2.88. The molecule has 2 aromatic rings. The second-order valence-electron chi connectivity index (χ2n) is 5.04. The summed E-state index contributed by atoms with van der Waals surface area (Å²) in [6, 6.07) is 6.95. The zero-order valence-electron chi connectivity index (χ0n) is 11.3. The molecule has 102 valence electrons. The summed E-state index contributed by atoms with van der Waals surface area (Å²) in [5.41, 5.74) is 1.92. The van der Waals surface area contributed by atoms with E-state index < -0.39 is 5.82 Å². The predicted octanol–water partition coefficient (Wildman–Crippen LogP) is 2.77. The third kappa shape index (κ3) is 2.03. The normalized spacial score (nSPS) is 18.2. The van der Waals surface area contributed by atoms with Crippen molar-refractivity contribution in [3.05, 3.63) is 47.5 Å². The minimum absolute atomic E-state index is 0.128. The molecule has 0 amide bonds. The molecular weight excluding hydrogens is 255 g/mol. The molecule has 3 rings (SSSR count). The van der Waals surface area contributed by atoms with Crippen LogP contribution in [0.3, 0.4) is 0 Å². The molecule has 1 unspecified atom stereocenters. The van der Waals surface area contributed by atoms with E-state index in [0.29, 0.717) is 5.69 Å². The number of anilines is 1. The third-order valence-electron chi connectivity index (χ3n) is 3.78. The maximum Gasteiger partial charge on any atom is 0.143 e. The van der Waals surface area contributed by atoms with Gasteiger partial charge in [0.25, 0.3) is 0 Å². The molecule has 1 aromatic heterocycles. The summed E-state index contributed by atoms with van der Waals surface area (Å²) in [7, 11) is 1.88. The van der Waals surface area contributed by atoms with Crippen LogP contribution in [0.2, 0.25) is 0 Å². The Morgan fingerprint density at radius 2 is 2.30 bits per heavy atom. The molecule has 0 N–H and O–H groups in total. The summed E-state index contributed by atoms with van der Waals surface area (Å²) >= 11 is 0. The number of aryl methyl sites for hydroxylation is 1. The highest BCUT2D eigenvalue weighted by atomic mass is 19.1. The van der Waals surface area contributed by atoms with Gasteiger partial charge in [0.15, 0.2) is 0 Å². The zero-order valence-corrected chi connectivity index (χ0v) is 11.3. The van der Waals surface area contributed by atoms with Crippen molar-refractivity contribution in [2.75, 3.05) is 11.4 Å². The summed E-state index contributed by atoms with van der Waals surface area (Å²) in [5, 5.41) is 13.4. The minimum atomic E-state index is -0.457. The molecule has 2 heterocycles. The fourth-order valence-electron chi connectivity index (χ4n) is 2.88. The van der Waals surface area contributed by atoms with E-state index in [9.17, 15) is 9.65 Å². The van der Waals surface area contributed by atoms with Crippen LogP contribution in [-0.4, -0.2) is 16.3 Å². The van der Waals surface area contributed by atoms with Crippen molar-refractivity contribution in [2.45, 2.75) is 18.9 Å². The topological polar surface area (TPSA) is 44.9 Å². The number of benzene rings is 1. The van der Waals surface area contributed by atoms with Crippen molar-refractivity contribution >= 4 is 5.69 Å². The molecule has 1 atom stereocenters. The minimum Gasteiger partial charge on any atom is -0.363 e. The van der Waals surface area contributed by atoms with Gasteiger partial charge in [0, 0.05) is 25.4 Å². The van der Waals surface area contributed by atoms with E-state index in [2.05, 4.69) is 10.00 Å². The fraction of sp³-hybridized carbons (Fsp3) is 0.333. The van der Waals surface area contributed by atoms with Crippen LogP contribution < -0.4 is 4.90 Å². The van der Waals surface area contributed by atoms with Crippen LogP contribution in [0.15, 0.2) is 30.6 Å². The first-order valence-corrected chi connectivity index (χ1v) is 6.64. The van der Waals surface area contributed by atoms with Gasteiger partial charge in [0.05, 0.1) is 17.9 Å². The van der Waals surface area contributed by atoms with E-state index in [-0.39, 0.29) is 11.6 Å². The van der Waals surface area contributed by atoms with Gasteiger partial charge in [0.1, 0.15) is 17.4 Å². The summed E-state index contributed by atoms with van der Waals surface area (Å²) in [5.74, 6) is -0.457. The first-order chi connectivity index (χ1) is 9.70. The number of aromatic nitrogens is 2. The molecule has 5 heteroatoms. The van der Waals surface area contributed by atoms with Crippen molar-refractivity contribution in [3.63, 3.8) is 0 Å². The van der Waals surface area contributed by atoms with Crippen molar-refractivity contribution in [2.24, 2.45) is 7.05 Å². The quantitative estimate of drug-likeness (QED) is 0.843. The Morgan fingerprint density at radius 1 is 1.45 bits per heavy atom. The van der Waals surface area contributed by atoms with Crippen LogP contribution in [-0.2, 0) is 7.05 Å². The smallest absolute Gasteiger partial charge is 0.143 e. The van der Waals surface area contributed by atoms with Crippen LogP contribution >= 0.6 is 0 Å². The largest absolute Gasteiger partial charge is 0.363 e. The van der Waals surface area contributed by atoms with Gasteiger partial charge in [-0.05, 0) is 25.0 Å². The Kier molecular flexibility index (Phi) is 3.15. The van der Waals surface area contributed by atoms with Gasteiger partial charge in [-0.1, -0.05) is 6.07 Å². The highest BCUT2D eigenvalue weighted by Gasteiger charge is 2.29. The number of hydrogen-bond donors (Lipinski definition) is 0. The molecule has 0 bridgehead atoms. The van der Waals surface area contributed by atoms with E-state index in [1.165, 1.54) is 6.07 Å². The second kappa shape index (κ2) is 4.97. The Labute approximate surface area is 117 Å². The lowest BCUT2D eigenvalue weighted by Crippen LogP contribution is -2.23. The average molecular weight is 270 g/mol. The molecular formula is C15H15FN4. The van der Waals surface area contributed by atoms with Crippen LogP contribution in [0.5, 0.6) is 0 Å². The van der Waals surface area contributed by atoms with Crippen molar-refractivity contribution in [3.8, 4) is 6.07 Å². The van der Waals surface area contributed by atoms with E-state index in [4.69, 9.17) is 0 Å². The summed E-state index contributed by atoms with van der Waals surface area (Å²) in [6.45, 7) is 0.831. The lowest BCUT2D eigenvalue weighted by atomic mass is 10.1. The van der Waals surface area contributed by atoms with E-state index in [1.807, 2.05) is 31.6 Å². The summed E-state index contributed by atoms with van der Waals surface area (Å²) < 4.78 is 15.5. The molecule has 1 saturated heterocycles. The van der Waals surface area contributed by atoms with Crippen molar-refractivity contribution < 1.29 is 4.39 Å². The van der Waals surface area contributed by atoms with Gasteiger partial charge in [-0.25, -0.2) is 4.39 Å². The third-order valence-corrected chi connectivity index (χ3v) is 3.78. The maximum absolute atomic E-state index is 13.8. The van der Waals surface area contributed by atoms with E-state index in [0.717, 1.165) is 24.9 Å². The average Bonchev–Trinajstić information content (AvgIpc) is 3.06. The number of nitrogens with zero attached hydrogens (tertiary/aromatic N) is 4. The number of hydrogen-bond acceptors (Lipinski definition) is 3. The molecule has 1 fully saturated rings. The monoisotopic (exact) mass is 270 g/mol. The first kappa shape index (κ1) is 12.7. The molecule has 0 saturated carbocycles. The molecule has 0 spiro atoms. The van der Waals surface area contributed by atoms with E-state index >= 15 is 0 Å². The van der Waals surface area contributed by atoms with Crippen LogP contribution in [0, 0.1) is 17.1 Å².